The summed E-state index contributed by atoms with van der Waals surface area (Å²) in [5.41, 5.74) is 0.738. The number of hydrogen-bond acceptors (Lipinski definition) is 4. The molecule has 1 aliphatic heterocycles. The SMILES string of the molecule is O=[N+]([O-])c1nn(C2CCCCO2)c2ccc(Br)cc12. The Morgan fingerprint density at radius 1 is 1.47 bits per heavy atom. The molecule has 6 nitrogen and oxygen atoms in total. The smallest absolute Gasteiger partial charge is 0.358 e. The Bertz CT molecular complexity index is 634. The Morgan fingerprint density at radius 2 is 2.32 bits per heavy atom. The molecule has 3 rings (SSSR count). The largest absolute Gasteiger partial charge is 0.397 e. The van der Waals surface area contributed by atoms with Crippen molar-refractivity contribution in [3.8, 4) is 0 Å². The van der Waals surface area contributed by atoms with Gasteiger partial charge in [0.15, 0.2) is 6.23 Å². The first-order valence-electron chi connectivity index (χ1n) is 6.10. The van der Waals surface area contributed by atoms with Crippen molar-refractivity contribution >= 4 is 32.7 Å². The lowest BCUT2D eigenvalue weighted by molar-refractivity contribution is -0.388. The molecule has 0 spiro atoms. The van der Waals surface area contributed by atoms with Gasteiger partial charge in [-0.2, -0.15) is 0 Å². The Hall–Kier alpha value is -1.47. The number of fused-ring (bicyclic) bond motifs is 1. The van der Waals surface area contributed by atoms with Crippen molar-refractivity contribution in [2.75, 3.05) is 6.61 Å². The average molecular weight is 326 g/mol. The van der Waals surface area contributed by atoms with Crippen molar-refractivity contribution in [2.45, 2.75) is 25.5 Å². The molecule has 1 fully saturated rings. The van der Waals surface area contributed by atoms with Gasteiger partial charge in [-0.3, -0.25) is 0 Å². The van der Waals surface area contributed by atoms with Crippen molar-refractivity contribution in [1.82, 2.24) is 9.78 Å². The van der Waals surface area contributed by atoms with Crippen LogP contribution in [0.15, 0.2) is 22.7 Å². The minimum atomic E-state index is -0.450. The van der Waals surface area contributed by atoms with Crippen LogP contribution in [0.3, 0.4) is 0 Å². The highest BCUT2D eigenvalue weighted by Crippen LogP contribution is 2.32. The minimum Gasteiger partial charge on any atom is -0.358 e. The Balaban J connectivity index is 2.16. The molecule has 0 radical (unpaired) electrons. The van der Waals surface area contributed by atoms with E-state index in [4.69, 9.17) is 4.74 Å². The molecule has 1 aromatic heterocycles. The molecule has 2 heterocycles. The number of hydrogen-bond donors (Lipinski definition) is 0. The van der Waals surface area contributed by atoms with Crippen molar-refractivity contribution in [3.05, 3.63) is 32.8 Å². The first-order valence-corrected chi connectivity index (χ1v) is 6.90. The summed E-state index contributed by atoms with van der Waals surface area (Å²) >= 11 is 3.33. The van der Waals surface area contributed by atoms with Gasteiger partial charge in [0.1, 0.15) is 10.9 Å². The third-order valence-electron chi connectivity index (χ3n) is 3.25. The fourth-order valence-corrected chi connectivity index (χ4v) is 2.73. The lowest BCUT2D eigenvalue weighted by atomic mass is 10.2. The van der Waals surface area contributed by atoms with Crippen LogP contribution in [0.25, 0.3) is 10.9 Å². The molecule has 1 aromatic carbocycles. The lowest BCUT2D eigenvalue weighted by Gasteiger charge is -2.20. The molecule has 2 aromatic rings. The van der Waals surface area contributed by atoms with Crippen LogP contribution < -0.4 is 0 Å². The van der Waals surface area contributed by atoms with Gasteiger partial charge in [0.2, 0.25) is 0 Å². The predicted molar refractivity (Wildman–Crippen MR) is 72.9 cm³/mol. The van der Waals surface area contributed by atoms with E-state index in [1.165, 1.54) is 0 Å². The topological polar surface area (TPSA) is 70.2 Å². The zero-order valence-corrected chi connectivity index (χ0v) is 11.7. The van der Waals surface area contributed by atoms with Gasteiger partial charge in [0.25, 0.3) is 0 Å². The summed E-state index contributed by atoms with van der Waals surface area (Å²) in [7, 11) is 0. The standard InChI is InChI=1S/C12H12BrN3O3/c13-8-4-5-10-9(7-8)12(16(17)18)14-15(10)11-3-1-2-6-19-11/h4-5,7,11H,1-3,6H2. The van der Waals surface area contributed by atoms with E-state index in [0.717, 1.165) is 29.3 Å². The van der Waals surface area contributed by atoms with Gasteiger partial charge < -0.3 is 14.9 Å². The molecule has 0 N–H and O–H groups in total. The number of halogens is 1. The van der Waals surface area contributed by atoms with Crippen LogP contribution in [0, 0.1) is 10.1 Å². The summed E-state index contributed by atoms with van der Waals surface area (Å²) in [5.74, 6) is -0.120. The van der Waals surface area contributed by atoms with E-state index in [-0.39, 0.29) is 12.0 Å². The Morgan fingerprint density at radius 3 is 3.00 bits per heavy atom. The van der Waals surface area contributed by atoms with Gasteiger partial charge in [-0.25, -0.2) is 0 Å². The zero-order chi connectivity index (χ0) is 13.4. The molecule has 1 atom stereocenters. The molecular formula is C12H12BrN3O3. The van der Waals surface area contributed by atoms with Gasteiger partial charge in [0, 0.05) is 11.1 Å². The number of nitro groups is 1. The van der Waals surface area contributed by atoms with E-state index < -0.39 is 4.92 Å². The molecule has 1 aliphatic rings. The molecule has 0 amide bonds. The normalized spacial score (nSPS) is 19.7. The van der Waals surface area contributed by atoms with Gasteiger partial charge in [-0.05, 0) is 42.4 Å². The maximum absolute atomic E-state index is 11.1. The summed E-state index contributed by atoms with van der Waals surface area (Å²) in [6.45, 7) is 0.677. The first kappa shape index (κ1) is 12.6. The van der Waals surface area contributed by atoms with Gasteiger partial charge in [-0.15, -0.1) is 4.68 Å². The van der Waals surface area contributed by atoms with Gasteiger partial charge >= 0.3 is 5.82 Å². The fourth-order valence-electron chi connectivity index (χ4n) is 2.37. The van der Waals surface area contributed by atoms with E-state index in [9.17, 15) is 10.1 Å². The zero-order valence-electron chi connectivity index (χ0n) is 10.1. The summed E-state index contributed by atoms with van der Waals surface area (Å²) in [4.78, 5) is 10.6. The molecular weight excluding hydrogens is 314 g/mol. The highest BCUT2D eigenvalue weighted by Gasteiger charge is 2.27. The quantitative estimate of drug-likeness (QED) is 0.626. The van der Waals surface area contributed by atoms with Crippen LogP contribution in [0.2, 0.25) is 0 Å². The van der Waals surface area contributed by atoms with Crippen molar-refractivity contribution in [3.63, 3.8) is 0 Å². The van der Waals surface area contributed by atoms with Crippen molar-refractivity contribution in [1.29, 1.82) is 0 Å². The second kappa shape index (κ2) is 4.90. The van der Waals surface area contributed by atoms with Crippen LogP contribution >= 0.6 is 15.9 Å². The molecule has 1 unspecified atom stereocenters. The summed E-state index contributed by atoms with van der Waals surface area (Å²) in [6.07, 6.45) is 2.72. The highest BCUT2D eigenvalue weighted by atomic mass is 79.9. The molecule has 0 bridgehead atoms. The summed E-state index contributed by atoms with van der Waals surface area (Å²) < 4.78 is 8.10. The van der Waals surface area contributed by atoms with E-state index in [1.54, 1.807) is 10.7 Å². The van der Waals surface area contributed by atoms with Crippen LogP contribution in [-0.2, 0) is 4.74 Å². The maximum atomic E-state index is 11.1. The van der Waals surface area contributed by atoms with Crippen LogP contribution in [0.4, 0.5) is 5.82 Å². The highest BCUT2D eigenvalue weighted by molar-refractivity contribution is 9.10. The van der Waals surface area contributed by atoms with Crippen molar-refractivity contribution in [2.24, 2.45) is 0 Å². The lowest BCUT2D eigenvalue weighted by Crippen LogP contribution is -2.19. The molecule has 7 heteroatoms. The third-order valence-corrected chi connectivity index (χ3v) is 3.74. The predicted octanol–water partition coefficient (Wildman–Crippen LogP) is 3.41. The Kier molecular flexibility index (Phi) is 3.24. The van der Waals surface area contributed by atoms with E-state index in [1.807, 2.05) is 12.1 Å². The van der Waals surface area contributed by atoms with Gasteiger partial charge in [-0.1, -0.05) is 15.9 Å². The van der Waals surface area contributed by atoms with Crippen LogP contribution in [0.1, 0.15) is 25.5 Å². The average Bonchev–Trinajstić information content (AvgIpc) is 2.78. The number of aromatic nitrogens is 2. The third kappa shape index (κ3) is 2.23. The number of rotatable bonds is 2. The van der Waals surface area contributed by atoms with Crippen LogP contribution in [0.5, 0.6) is 0 Å². The monoisotopic (exact) mass is 325 g/mol. The van der Waals surface area contributed by atoms with E-state index >= 15 is 0 Å². The van der Waals surface area contributed by atoms with Crippen LogP contribution in [-0.4, -0.2) is 21.3 Å². The second-order valence-corrected chi connectivity index (χ2v) is 5.42. The number of ether oxygens (including phenoxy) is 1. The van der Waals surface area contributed by atoms with Gasteiger partial charge in [0.05, 0.1) is 5.10 Å². The fraction of sp³-hybridized carbons (Fsp3) is 0.417. The molecule has 0 saturated carbocycles. The first-order chi connectivity index (χ1) is 9.16. The molecule has 19 heavy (non-hydrogen) atoms. The minimum absolute atomic E-state index is 0.120. The number of nitrogens with zero attached hydrogens (tertiary/aromatic N) is 3. The Labute approximate surface area is 117 Å². The maximum Gasteiger partial charge on any atom is 0.397 e. The number of benzene rings is 1. The molecule has 0 aliphatic carbocycles. The molecule has 100 valence electrons. The van der Waals surface area contributed by atoms with Crippen molar-refractivity contribution < 1.29 is 9.66 Å². The van der Waals surface area contributed by atoms with E-state index in [0.29, 0.717) is 12.0 Å². The second-order valence-electron chi connectivity index (χ2n) is 4.51. The summed E-state index contributed by atoms with van der Waals surface area (Å²) in [5, 5.41) is 15.8. The molecule has 1 saturated heterocycles. The van der Waals surface area contributed by atoms with E-state index in [2.05, 4.69) is 21.0 Å². The summed E-state index contributed by atoms with van der Waals surface area (Å²) in [6, 6.07) is 5.41.